The van der Waals surface area contributed by atoms with Crippen molar-refractivity contribution in [3.63, 3.8) is 0 Å². The normalized spacial score (nSPS) is 10.7. The van der Waals surface area contributed by atoms with E-state index < -0.39 is 0 Å². The van der Waals surface area contributed by atoms with Gasteiger partial charge in [-0.1, -0.05) is 60.7 Å². The predicted octanol–water partition coefficient (Wildman–Crippen LogP) is 4.40. The van der Waals surface area contributed by atoms with E-state index in [1.807, 2.05) is 42.6 Å². The fourth-order valence-electron chi connectivity index (χ4n) is 2.64. The van der Waals surface area contributed by atoms with Gasteiger partial charge in [0.2, 0.25) is 0 Å². The van der Waals surface area contributed by atoms with E-state index in [-0.39, 0.29) is 0 Å². The second-order valence-electron chi connectivity index (χ2n) is 4.97. The number of rotatable bonds is 3. The average Bonchev–Trinajstić information content (AvgIpc) is 3.25. The summed E-state index contributed by atoms with van der Waals surface area (Å²) in [5.41, 5.74) is 6.03. The summed E-state index contributed by atoms with van der Waals surface area (Å²) < 4.78 is 4.95. The number of aromatic nitrogens is 3. The predicted molar refractivity (Wildman–Crippen MR) is 85.0 cm³/mol. The van der Waals surface area contributed by atoms with E-state index in [0.29, 0.717) is 0 Å². The molecule has 0 aliphatic carbocycles. The molecular weight excluding hydrogens is 274 g/mol. The molecule has 0 aliphatic heterocycles. The highest BCUT2D eigenvalue weighted by Gasteiger charge is 2.18. The lowest BCUT2D eigenvalue weighted by molar-refractivity contribution is 0.393. The second kappa shape index (κ2) is 5.33. The first-order valence-electron chi connectivity index (χ1n) is 7.03. The molecule has 4 heteroatoms. The maximum absolute atomic E-state index is 4.95. The summed E-state index contributed by atoms with van der Waals surface area (Å²) >= 11 is 0. The van der Waals surface area contributed by atoms with Gasteiger partial charge in [0, 0.05) is 22.6 Å². The molecule has 0 aliphatic rings. The standard InChI is InChI=1S/C18H13N3O/c1-3-7-13(8-4-1)15-11-19-18(14-9-5-2-6-10-14)17(15)16-12-22-21-20-16/h1-12,19H. The van der Waals surface area contributed by atoms with Crippen LogP contribution in [-0.4, -0.2) is 15.4 Å². The number of benzene rings is 2. The highest BCUT2D eigenvalue weighted by molar-refractivity contribution is 5.91. The number of nitrogens with one attached hydrogen (secondary N) is 1. The molecule has 4 rings (SSSR count). The first kappa shape index (κ1) is 12.6. The van der Waals surface area contributed by atoms with E-state index in [9.17, 15) is 0 Å². The molecule has 2 heterocycles. The summed E-state index contributed by atoms with van der Waals surface area (Å²) in [5.74, 6) is 0. The van der Waals surface area contributed by atoms with Gasteiger partial charge in [0.1, 0.15) is 5.69 Å². The summed E-state index contributed by atoms with van der Waals surface area (Å²) in [6.07, 6.45) is 3.57. The van der Waals surface area contributed by atoms with Crippen molar-refractivity contribution in [2.24, 2.45) is 0 Å². The van der Waals surface area contributed by atoms with Gasteiger partial charge in [-0.25, -0.2) is 0 Å². The van der Waals surface area contributed by atoms with Gasteiger partial charge in [0.05, 0.1) is 5.69 Å². The van der Waals surface area contributed by atoms with Crippen molar-refractivity contribution in [3.05, 3.63) is 73.1 Å². The van der Waals surface area contributed by atoms with Crippen molar-refractivity contribution < 1.29 is 4.52 Å². The van der Waals surface area contributed by atoms with Crippen LogP contribution in [-0.2, 0) is 0 Å². The Hall–Kier alpha value is -3.14. The molecule has 0 saturated heterocycles. The molecule has 1 N–H and O–H groups in total. The van der Waals surface area contributed by atoms with Crippen LogP contribution in [0.15, 0.2) is 77.6 Å². The van der Waals surface area contributed by atoms with E-state index >= 15 is 0 Å². The van der Waals surface area contributed by atoms with Crippen LogP contribution in [0.5, 0.6) is 0 Å². The summed E-state index contributed by atoms with van der Waals surface area (Å²) in [7, 11) is 0. The zero-order chi connectivity index (χ0) is 14.8. The van der Waals surface area contributed by atoms with E-state index in [2.05, 4.69) is 39.6 Å². The van der Waals surface area contributed by atoms with Gasteiger partial charge < -0.3 is 9.51 Å². The second-order valence-corrected chi connectivity index (χ2v) is 4.97. The van der Waals surface area contributed by atoms with E-state index in [0.717, 1.165) is 33.6 Å². The van der Waals surface area contributed by atoms with Crippen molar-refractivity contribution in [1.82, 2.24) is 15.4 Å². The lowest BCUT2D eigenvalue weighted by atomic mass is 9.98. The molecule has 0 bridgehead atoms. The first-order valence-corrected chi connectivity index (χ1v) is 7.03. The Morgan fingerprint density at radius 1 is 0.818 bits per heavy atom. The largest absolute Gasteiger partial charge is 0.360 e. The maximum Gasteiger partial charge on any atom is 0.152 e. The Morgan fingerprint density at radius 2 is 1.50 bits per heavy atom. The van der Waals surface area contributed by atoms with Crippen molar-refractivity contribution in [2.45, 2.75) is 0 Å². The monoisotopic (exact) mass is 287 g/mol. The third-order valence-corrected chi connectivity index (χ3v) is 3.64. The third kappa shape index (κ3) is 2.11. The molecule has 4 aromatic rings. The number of hydrogen-bond donors (Lipinski definition) is 1. The molecule has 0 amide bonds. The molecule has 0 atom stereocenters. The van der Waals surface area contributed by atoms with Crippen LogP contribution in [0.1, 0.15) is 0 Å². The molecule has 106 valence electrons. The van der Waals surface area contributed by atoms with Crippen LogP contribution < -0.4 is 0 Å². The van der Waals surface area contributed by atoms with Crippen molar-refractivity contribution in [1.29, 1.82) is 0 Å². The highest BCUT2D eigenvalue weighted by atomic mass is 16.5. The molecule has 0 radical (unpaired) electrons. The van der Waals surface area contributed by atoms with Gasteiger partial charge in [-0.2, -0.15) is 0 Å². The Morgan fingerprint density at radius 3 is 2.14 bits per heavy atom. The van der Waals surface area contributed by atoms with E-state index in [1.54, 1.807) is 6.26 Å². The molecule has 0 saturated carbocycles. The van der Waals surface area contributed by atoms with E-state index in [1.165, 1.54) is 0 Å². The van der Waals surface area contributed by atoms with Crippen LogP contribution in [0.25, 0.3) is 33.6 Å². The van der Waals surface area contributed by atoms with Gasteiger partial charge in [-0.3, -0.25) is 0 Å². The Balaban J connectivity index is 1.96. The smallest absolute Gasteiger partial charge is 0.152 e. The van der Waals surface area contributed by atoms with Gasteiger partial charge in [-0.15, -0.1) is 5.10 Å². The Labute approximate surface area is 127 Å². The quantitative estimate of drug-likeness (QED) is 0.607. The minimum absolute atomic E-state index is 0.721. The number of nitrogens with zero attached hydrogens (tertiary/aromatic N) is 2. The molecule has 0 fully saturated rings. The number of H-pyrrole nitrogens is 1. The third-order valence-electron chi connectivity index (χ3n) is 3.64. The lowest BCUT2D eigenvalue weighted by Gasteiger charge is -2.05. The van der Waals surface area contributed by atoms with E-state index in [4.69, 9.17) is 4.52 Å². The van der Waals surface area contributed by atoms with Crippen LogP contribution in [0.4, 0.5) is 0 Å². The molecule has 2 aromatic carbocycles. The molecule has 2 aromatic heterocycles. The summed E-state index contributed by atoms with van der Waals surface area (Å²) in [6.45, 7) is 0. The molecule has 0 unspecified atom stereocenters. The van der Waals surface area contributed by atoms with Gasteiger partial charge in [0.15, 0.2) is 6.26 Å². The Bertz CT molecular complexity index is 808. The number of aromatic amines is 1. The van der Waals surface area contributed by atoms with Gasteiger partial charge in [-0.05, 0) is 11.1 Å². The van der Waals surface area contributed by atoms with Crippen LogP contribution in [0.2, 0.25) is 0 Å². The summed E-state index contributed by atoms with van der Waals surface area (Å²) in [4.78, 5) is 3.37. The SMILES string of the molecule is c1ccc(-c2c[nH]c(-c3ccccc3)c2-c2conn2)cc1. The van der Waals surface area contributed by atoms with Gasteiger partial charge in [0.25, 0.3) is 0 Å². The maximum atomic E-state index is 4.95. The number of hydrogen-bond acceptors (Lipinski definition) is 3. The molecule has 0 spiro atoms. The first-order chi connectivity index (χ1) is 10.9. The van der Waals surface area contributed by atoms with Crippen molar-refractivity contribution in [2.75, 3.05) is 0 Å². The highest BCUT2D eigenvalue weighted by Crippen LogP contribution is 2.38. The zero-order valence-corrected chi connectivity index (χ0v) is 11.7. The fourth-order valence-corrected chi connectivity index (χ4v) is 2.64. The summed E-state index contributed by atoms with van der Waals surface area (Å²) in [6, 6.07) is 20.4. The average molecular weight is 287 g/mol. The van der Waals surface area contributed by atoms with Crippen LogP contribution >= 0.6 is 0 Å². The Kier molecular flexibility index (Phi) is 3.05. The van der Waals surface area contributed by atoms with Crippen molar-refractivity contribution >= 4 is 0 Å². The topological polar surface area (TPSA) is 54.7 Å². The molecular formula is C18H13N3O. The minimum atomic E-state index is 0.721. The van der Waals surface area contributed by atoms with Gasteiger partial charge >= 0.3 is 0 Å². The molecule has 22 heavy (non-hydrogen) atoms. The zero-order valence-electron chi connectivity index (χ0n) is 11.7. The van der Waals surface area contributed by atoms with Crippen molar-refractivity contribution in [3.8, 4) is 33.6 Å². The van der Waals surface area contributed by atoms with Crippen LogP contribution in [0.3, 0.4) is 0 Å². The fraction of sp³-hybridized carbons (Fsp3) is 0. The summed E-state index contributed by atoms with van der Waals surface area (Å²) in [5, 5.41) is 7.70. The molecule has 4 nitrogen and oxygen atoms in total. The lowest BCUT2D eigenvalue weighted by Crippen LogP contribution is -1.85. The minimum Gasteiger partial charge on any atom is -0.360 e. The van der Waals surface area contributed by atoms with Crippen LogP contribution in [0, 0.1) is 0 Å².